The van der Waals surface area contributed by atoms with E-state index in [0.29, 0.717) is 17.7 Å². The Labute approximate surface area is 191 Å². The van der Waals surface area contributed by atoms with E-state index in [1.54, 1.807) is 24.3 Å². The Morgan fingerprint density at radius 2 is 1.65 bits per heavy atom. The summed E-state index contributed by atoms with van der Waals surface area (Å²) in [5, 5.41) is 11.5. The largest absolute Gasteiger partial charge is 0.274 e. The van der Waals surface area contributed by atoms with Crippen molar-refractivity contribution < 1.29 is 9.59 Å². The average Bonchev–Trinajstić information content (AvgIpc) is 3.28. The molecule has 0 radical (unpaired) electrons. The van der Waals surface area contributed by atoms with Crippen molar-refractivity contribution in [1.29, 1.82) is 5.26 Å². The van der Waals surface area contributed by atoms with Crippen molar-refractivity contribution >= 4 is 29.2 Å². The summed E-state index contributed by atoms with van der Waals surface area (Å²) in [6.45, 7) is 4.28. The van der Waals surface area contributed by atoms with E-state index in [0.717, 1.165) is 24.1 Å². The van der Waals surface area contributed by atoms with Gasteiger partial charge >= 0.3 is 0 Å². The van der Waals surface area contributed by atoms with Gasteiger partial charge in [-0.25, -0.2) is 0 Å². The summed E-state index contributed by atoms with van der Waals surface area (Å²) < 4.78 is 0. The fourth-order valence-corrected chi connectivity index (χ4v) is 4.37. The molecule has 4 nitrogen and oxygen atoms in total. The van der Waals surface area contributed by atoms with E-state index < -0.39 is 5.91 Å². The fraction of sp³-hybridized carbons (Fsp3) is 0.500. The predicted molar refractivity (Wildman–Crippen MR) is 128 cm³/mol. The van der Waals surface area contributed by atoms with Crippen molar-refractivity contribution in [2.45, 2.75) is 78.1 Å². The average molecular weight is 439 g/mol. The summed E-state index contributed by atoms with van der Waals surface area (Å²) in [6, 6.07) is 5.96. The van der Waals surface area contributed by atoms with Crippen LogP contribution in [0, 0.1) is 11.3 Å². The molecule has 0 aromatic carbocycles. The lowest BCUT2D eigenvalue weighted by molar-refractivity contribution is -0.140. The first-order chi connectivity index (χ1) is 15.1. The molecule has 2 amide bonds. The summed E-state index contributed by atoms with van der Waals surface area (Å²) in [5.41, 5.74) is 0.964. The van der Waals surface area contributed by atoms with Crippen molar-refractivity contribution in [2.75, 3.05) is 6.54 Å². The van der Waals surface area contributed by atoms with Crippen molar-refractivity contribution in [3.8, 4) is 6.07 Å². The van der Waals surface area contributed by atoms with Crippen LogP contribution in [0.3, 0.4) is 0 Å². The molecule has 0 saturated carbocycles. The molecule has 0 N–H and O–H groups in total. The second-order valence-electron chi connectivity index (χ2n) is 8.01. The zero-order valence-electron chi connectivity index (χ0n) is 18.9. The highest BCUT2D eigenvalue weighted by atomic mass is 32.1. The van der Waals surface area contributed by atoms with Gasteiger partial charge in [-0.05, 0) is 42.5 Å². The molecule has 166 valence electrons. The number of nitrogens with zero attached hydrogens (tertiary/aromatic N) is 2. The quantitative estimate of drug-likeness (QED) is 0.193. The van der Waals surface area contributed by atoms with E-state index in [9.17, 15) is 14.9 Å². The van der Waals surface area contributed by atoms with E-state index >= 15 is 0 Å². The first kappa shape index (κ1) is 24.8. The molecule has 0 fully saturated rings. The van der Waals surface area contributed by atoms with Gasteiger partial charge < -0.3 is 0 Å². The number of unbranched alkanes of at least 4 members (excludes halogenated alkanes) is 9. The molecule has 31 heavy (non-hydrogen) atoms. The summed E-state index contributed by atoms with van der Waals surface area (Å²) in [7, 11) is 0. The SMILES string of the molecule is CCCCCCCCCCCCN1C(=O)C(C#N)=C(C)/C(=C\C=C\c2cccs2)C1=O. The third-order valence-electron chi connectivity index (χ3n) is 5.63. The molecule has 1 aromatic heterocycles. The van der Waals surface area contributed by atoms with Crippen LogP contribution in [0.4, 0.5) is 0 Å². The fourth-order valence-electron chi connectivity index (χ4n) is 3.74. The highest BCUT2D eigenvalue weighted by Gasteiger charge is 2.34. The lowest BCUT2D eigenvalue weighted by atomic mass is 9.94. The summed E-state index contributed by atoms with van der Waals surface area (Å²) in [6.07, 6.45) is 17.4. The van der Waals surface area contributed by atoms with Crippen LogP contribution in [-0.4, -0.2) is 23.3 Å². The van der Waals surface area contributed by atoms with Gasteiger partial charge in [0.1, 0.15) is 11.6 Å². The van der Waals surface area contributed by atoms with Crippen molar-refractivity contribution in [3.05, 3.63) is 51.3 Å². The van der Waals surface area contributed by atoms with Crippen LogP contribution in [0.1, 0.15) is 82.9 Å². The molecule has 0 bridgehead atoms. The Hall–Kier alpha value is -2.45. The van der Waals surface area contributed by atoms with E-state index in [-0.39, 0.29) is 11.5 Å². The second-order valence-corrected chi connectivity index (χ2v) is 8.99. The molecule has 1 aliphatic heterocycles. The molecule has 0 unspecified atom stereocenters. The molecule has 1 aromatic rings. The van der Waals surface area contributed by atoms with E-state index in [1.165, 1.54) is 49.8 Å². The number of thiophene rings is 1. The molecule has 0 saturated heterocycles. The second kappa shape index (κ2) is 13.8. The maximum absolute atomic E-state index is 13.0. The standard InChI is InChI=1S/C26H34N2O2S/c1-3-4-5-6-7-8-9-10-11-12-18-28-25(29)23(21(2)24(20-27)26(28)30)17-13-15-22-16-14-19-31-22/h13-17,19H,3-12,18H2,1-2H3/b15-13+,23-17+. The van der Waals surface area contributed by atoms with Gasteiger partial charge in [-0.15, -0.1) is 11.3 Å². The number of carbonyl (C=O) groups is 2. The van der Waals surface area contributed by atoms with Gasteiger partial charge in [-0.3, -0.25) is 14.5 Å². The Morgan fingerprint density at radius 1 is 1.00 bits per heavy atom. The minimum atomic E-state index is -0.458. The lowest BCUT2D eigenvalue weighted by Crippen LogP contribution is -2.43. The number of rotatable bonds is 13. The van der Waals surface area contributed by atoms with E-state index in [2.05, 4.69) is 6.92 Å². The van der Waals surface area contributed by atoms with Crippen molar-refractivity contribution in [1.82, 2.24) is 4.90 Å². The maximum Gasteiger partial charge on any atom is 0.271 e. The molecule has 0 atom stereocenters. The zero-order valence-corrected chi connectivity index (χ0v) is 19.7. The third-order valence-corrected chi connectivity index (χ3v) is 6.46. The molecule has 5 heteroatoms. The van der Waals surface area contributed by atoms with Crippen LogP contribution in [0.25, 0.3) is 6.08 Å². The smallest absolute Gasteiger partial charge is 0.271 e. The number of hydrogen-bond donors (Lipinski definition) is 0. The Kier molecular flexibility index (Phi) is 11.0. The monoisotopic (exact) mass is 438 g/mol. The summed E-state index contributed by atoms with van der Waals surface area (Å²) in [5.74, 6) is -0.756. The molecule has 1 aliphatic rings. The van der Waals surface area contributed by atoms with Gasteiger partial charge in [-0.2, -0.15) is 5.26 Å². The lowest BCUT2D eigenvalue weighted by Gasteiger charge is -2.27. The van der Waals surface area contributed by atoms with Gasteiger partial charge in [0.2, 0.25) is 0 Å². The number of amides is 2. The van der Waals surface area contributed by atoms with Gasteiger partial charge in [0.15, 0.2) is 0 Å². The number of imide groups is 1. The van der Waals surface area contributed by atoms with Gasteiger partial charge in [0.05, 0.1) is 0 Å². The predicted octanol–water partition coefficient (Wildman–Crippen LogP) is 6.82. The molecule has 0 spiro atoms. The Morgan fingerprint density at radius 3 is 2.23 bits per heavy atom. The van der Waals surface area contributed by atoms with Crippen LogP contribution in [0.5, 0.6) is 0 Å². The molecule has 2 rings (SSSR count). The van der Waals surface area contributed by atoms with Crippen molar-refractivity contribution in [2.24, 2.45) is 0 Å². The summed E-state index contributed by atoms with van der Waals surface area (Å²) >= 11 is 1.61. The molecule has 2 heterocycles. The van der Waals surface area contributed by atoms with Gasteiger partial charge in [0.25, 0.3) is 11.8 Å². The number of nitriles is 1. The number of carbonyl (C=O) groups excluding carboxylic acids is 2. The molecular formula is C26H34N2O2S. The topological polar surface area (TPSA) is 61.2 Å². The molecular weight excluding hydrogens is 404 g/mol. The maximum atomic E-state index is 13.0. The third kappa shape index (κ3) is 7.63. The minimum Gasteiger partial charge on any atom is -0.274 e. The van der Waals surface area contributed by atoms with Crippen LogP contribution in [0.2, 0.25) is 0 Å². The first-order valence-corrected chi connectivity index (χ1v) is 12.4. The first-order valence-electron chi connectivity index (χ1n) is 11.5. The van der Waals surface area contributed by atoms with Crippen LogP contribution in [0.15, 0.2) is 46.4 Å². The van der Waals surface area contributed by atoms with Crippen LogP contribution >= 0.6 is 11.3 Å². The Bertz CT molecular complexity index is 856. The molecule has 0 aliphatic carbocycles. The van der Waals surface area contributed by atoms with Gasteiger partial charge in [0, 0.05) is 17.0 Å². The minimum absolute atomic E-state index is 0.0717. The normalized spacial score (nSPS) is 16.0. The van der Waals surface area contributed by atoms with E-state index in [1.807, 2.05) is 35.7 Å². The van der Waals surface area contributed by atoms with E-state index in [4.69, 9.17) is 0 Å². The van der Waals surface area contributed by atoms with Crippen LogP contribution in [-0.2, 0) is 9.59 Å². The highest BCUT2D eigenvalue weighted by Crippen LogP contribution is 2.26. The highest BCUT2D eigenvalue weighted by molar-refractivity contribution is 7.10. The summed E-state index contributed by atoms with van der Waals surface area (Å²) in [4.78, 5) is 27.9. The van der Waals surface area contributed by atoms with Crippen LogP contribution < -0.4 is 0 Å². The number of allylic oxidation sites excluding steroid dienone is 2. The zero-order chi connectivity index (χ0) is 22.5. The Balaban J connectivity index is 1.88. The van der Waals surface area contributed by atoms with Crippen molar-refractivity contribution in [3.63, 3.8) is 0 Å². The number of hydrogen-bond acceptors (Lipinski definition) is 4. The van der Waals surface area contributed by atoms with Gasteiger partial charge in [-0.1, -0.05) is 76.9 Å².